The smallest absolute Gasteiger partial charge is 0.328 e. The predicted octanol–water partition coefficient (Wildman–Crippen LogP) is 1.00. The molecule has 1 N–H and O–H groups in total. The van der Waals surface area contributed by atoms with Crippen molar-refractivity contribution in [2.45, 2.75) is 13.0 Å². The Morgan fingerprint density at radius 2 is 1.52 bits per heavy atom. The summed E-state index contributed by atoms with van der Waals surface area (Å²) in [5, 5.41) is 2.52. The molecule has 0 aliphatic rings. The lowest BCUT2D eigenvalue weighted by Gasteiger charge is -2.15. The van der Waals surface area contributed by atoms with Crippen LogP contribution in [0, 0.1) is 0 Å². The van der Waals surface area contributed by atoms with Gasteiger partial charge in [-0.2, -0.15) is 0 Å². The van der Waals surface area contributed by atoms with Gasteiger partial charge >= 0.3 is 5.97 Å². The van der Waals surface area contributed by atoms with Gasteiger partial charge in [0, 0.05) is 5.56 Å². The first-order chi connectivity index (χ1) is 9.98. The van der Waals surface area contributed by atoms with Crippen molar-refractivity contribution >= 4 is 11.9 Å². The number of carbonyl (C=O) groups is 2. The summed E-state index contributed by atoms with van der Waals surface area (Å²) < 4.78 is 20.1. The van der Waals surface area contributed by atoms with Crippen LogP contribution in [0.2, 0.25) is 0 Å². The Morgan fingerprint density at radius 1 is 1.00 bits per heavy atom. The second kappa shape index (κ2) is 7.37. The lowest BCUT2D eigenvalue weighted by atomic mass is 10.1. The summed E-state index contributed by atoms with van der Waals surface area (Å²) in [5.74, 6) is 0.112. The van der Waals surface area contributed by atoms with Crippen molar-refractivity contribution < 1.29 is 28.5 Å². The summed E-state index contributed by atoms with van der Waals surface area (Å²) in [6, 6.07) is 2.24. The quantitative estimate of drug-likeness (QED) is 0.789. The van der Waals surface area contributed by atoms with Crippen molar-refractivity contribution in [3.05, 3.63) is 17.7 Å². The number of carbonyl (C=O) groups excluding carboxylic acids is 2. The first kappa shape index (κ1) is 16.6. The summed E-state index contributed by atoms with van der Waals surface area (Å²) in [7, 11) is 5.63. The summed E-state index contributed by atoms with van der Waals surface area (Å²) in [5.41, 5.74) is 0.278. The number of ether oxygens (including phenoxy) is 4. The van der Waals surface area contributed by atoms with Gasteiger partial charge in [-0.05, 0) is 19.1 Å². The van der Waals surface area contributed by atoms with Crippen LogP contribution >= 0.6 is 0 Å². The summed E-state index contributed by atoms with van der Waals surface area (Å²) in [6.45, 7) is 1.53. The Morgan fingerprint density at radius 3 is 1.90 bits per heavy atom. The number of rotatable bonds is 6. The van der Waals surface area contributed by atoms with E-state index >= 15 is 0 Å². The molecule has 0 fully saturated rings. The zero-order valence-electron chi connectivity index (χ0n) is 12.7. The molecule has 0 aliphatic heterocycles. The highest BCUT2D eigenvalue weighted by atomic mass is 16.5. The fourth-order valence-corrected chi connectivity index (χ4v) is 1.73. The van der Waals surface area contributed by atoms with Gasteiger partial charge in [-0.3, -0.25) is 4.79 Å². The lowest BCUT2D eigenvalue weighted by Crippen LogP contribution is -2.39. The Kier molecular flexibility index (Phi) is 5.83. The molecule has 21 heavy (non-hydrogen) atoms. The zero-order valence-corrected chi connectivity index (χ0v) is 12.7. The van der Waals surface area contributed by atoms with E-state index in [1.165, 1.54) is 47.5 Å². The highest BCUT2D eigenvalue weighted by Crippen LogP contribution is 2.38. The Hall–Kier alpha value is -2.44. The summed E-state index contributed by atoms with van der Waals surface area (Å²) in [4.78, 5) is 23.5. The molecule has 0 aliphatic carbocycles. The number of nitrogens with one attached hydrogen (secondary N) is 1. The maximum atomic E-state index is 12.1. The third-order valence-electron chi connectivity index (χ3n) is 2.83. The first-order valence-electron chi connectivity index (χ1n) is 6.17. The van der Waals surface area contributed by atoms with Gasteiger partial charge < -0.3 is 24.3 Å². The van der Waals surface area contributed by atoms with Crippen LogP contribution in [0.1, 0.15) is 17.3 Å². The maximum Gasteiger partial charge on any atom is 0.328 e. The van der Waals surface area contributed by atoms with Gasteiger partial charge in [-0.1, -0.05) is 0 Å². The zero-order chi connectivity index (χ0) is 16.0. The van der Waals surface area contributed by atoms with Crippen molar-refractivity contribution in [3.63, 3.8) is 0 Å². The Labute approximate surface area is 123 Å². The molecule has 1 aromatic rings. The van der Waals surface area contributed by atoms with Crippen LogP contribution < -0.4 is 19.5 Å². The molecule has 0 saturated heterocycles. The molecule has 0 radical (unpaired) electrons. The minimum absolute atomic E-state index is 0.278. The maximum absolute atomic E-state index is 12.1. The van der Waals surface area contributed by atoms with Crippen molar-refractivity contribution in [2.75, 3.05) is 28.4 Å². The van der Waals surface area contributed by atoms with Crippen LogP contribution in [0.3, 0.4) is 0 Å². The van der Waals surface area contributed by atoms with Crippen molar-refractivity contribution in [2.24, 2.45) is 0 Å². The fraction of sp³-hybridized carbons (Fsp3) is 0.429. The molecule has 1 amide bonds. The molecule has 0 aromatic heterocycles. The summed E-state index contributed by atoms with van der Waals surface area (Å²) >= 11 is 0. The van der Waals surface area contributed by atoms with Crippen LogP contribution in [0.15, 0.2) is 12.1 Å². The van der Waals surface area contributed by atoms with Gasteiger partial charge in [-0.15, -0.1) is 0 Å². The number of hydrogen-bond acceptors (Lipinski definition) is 6. The van der Waals surface area contributed by atoms with E-state index < -0.39 is 17.9 Å². The third-order valence-corrected chi connectivity index (χ3v) is 2.83. The number of methoxy groups -OCH3 is 4. The molecule has 1 aromatic carbocycles. The minimum Gasteiger partial charge on any atom is -0.493 e. The van der Waals surface area contributed by atoms with Gasteiger partial charge in [0.25, 0.3) is 5.91 Å². The molecule has 0 saturated carbocycles. The first-order valence-corrected chi connectivity index (χ1v) is 6.17. The monoisotopic (exact) mass is 297 g/mol. The van der Waals surface area contributed by atoms with E-state index in [2.05, 4.69) is 10.1 Å². The lowest BCUT2D eigenvalue weighted by molar-refractivity contribution is -0.142. The van der Waals surface area contributed by atoms with Crippen molar-refractivity contribution in [1.29, 1.82) is 0 Å². The standard InChI is InChI=1S/C14H19NO6/c1-8(14(17)21-5)15-13(16)9-6-10(18-2)12(20-4)11(7-9)19-3/h6-8H,1-5H3,(H,15,16)/t8-/m0/s1. The molecule has 0 unspecified atom stereocenters. The largest absolute Gasteiger partial charge is 0.493 e. The highest BCUT2D eigenvalue weighted by Gasteiger charge is 2.20. The minimum atomic E-state index is -0.762. The molecule has 7 heteroatoms. The number of hydrogen-bond donors (Lipinski definition) is 1. The molecule has 1 rings (SSSR count). The average molecular weight is 297 g/mol. The molecule has 1 atom stereocenters. The van der Waals surface area contributed by atoms with E-state index in [4.69, 9.17) is 14.2 Å². The van der Waals surface area contributed by atoms with Gasteiger partial charge in [0.1, 0.15) is 6.04 Å². The molecule has 0 bridgehead atoms. The SMILES string of the molecule is COC(=O)[C@H](C)NC(=O)c1cc(OC)c(OC)c(OC)c1. The Bertz CT molecular complexity index is 503. The normalized spacial score (nSPS) is 11.3. The van der Waals surface area contributed by atoms with Crippen LogP contribution in [0.25, 0.3) is 0 Å². The number of amides is 1. The molecule has 7 nitrogen and oxygen atoms in total. The van der Waals surface area contributed by atoms with Crippen LogP contribution in [0.4, 0.5) is 0 Å². The van der Waals surface area contributed by atoms with E-state index in [0.717, 1.165) is 0 Å². The third kappa shape index (κ3) is 3.77. The molecular weight excluding hydrogens is 278 g/mol. The van der Waals surface area contributed by atoms with Gasteiger partial charge in [0.15, 0.2) is 11.5 Å². The number of esters is 1. The molecule has 0 heterocycles. The highest BCUT2D eigenvalue weighted by molar-refractivity contribution is 5.97. The van der Waals surface area contributed by atoms with Crippen molar-refractivity contribution in [3.8, 4) is 17.2 Å². The topological polar surface area (TPSA) is 83.1 Å². The Balaban J connectivity index is 3.07. The molecule has 0 spiro atoms. The molecular formula is C14H19NO6. The predicted molar refractivity (Wildman–Crippen MR) is 75.0 cm³/mol. The van der Waals surface area contributed by atoms with E-state index in [0.29, 0.717) is 17.2 Å². The van der Waals surface area contributed by atoms with Crippen LogP contribution in [0.5, 0.6) is 17.2 Å². The second-order valence-electron chi connectivity index (χ2n) is 4.13. The summed E-state index contributed by atoms with van der Waals surface area (Å²) in [6.07, 6.45) is 0. The van der Waals surface area contributed by atoms with Crippen molar-refractivity contribution in [1.82, 2.24) is 5.32 Å². The van der Waals surface area contributed by atoms with E-state index in [-0.39, 0.29) is 5.56 Å². The second-order valence-corrected chi connectivity index (χ2v) is 4.13. The number of benzene rings is 1. The van der Waals surface area contributed by atoms with Gasteiger partial charge in [0.05, 0.1) is 28.4 Å². The average Bonchev–Trinajstić information content (AvgIpc) is 2.51. The fourth-order valence-electron chi connectivity index (χ4n) is 1.73. The van der Waals surface area contributed by atoms with Crippen LogP contribution in [-0.4, -0.2) is 46.4 Å². The van der Waals surface area contributed by atoms with Crippen LogP contribution in [-0.2, 0) is 9.53 Å². The molecule has 116 valence electrons. The van der Waals surface area contributed by atoms with E-state index in [1.54, 1.807) is 0 Å². The van der Waals surface area contributed by atoms with E-state index in [9.17, 15) is 9.59 Å². The van der Waals surface area contributed by atoms with Gasteiger partial charge in [-0.25, -0.2) is 4.79 Å². The van der Waals surface area contributed by atoms with E-state index in [1.807, 2.05) is 0 Å². The van der Waals surface area contributed by atoms with Gasteiger partial charge in [0.2, 0.25) is 5.75 Å².